The van der Waals surface area contributed by atoms with Crippen molar-refractivity contribution in [1.82, 2.24) is 9.97 Å². The second-order valence-corrected chi connectivity index (χ2v) is 5.37. The van der Waals surface area contributed by atoms with Crippen molar-refractivity contribution < 1.29 is 0 Å². The van der Waals surface area contributed by atoms with E-state index in [1.165, 1.54) is 0 Å². The topological polar surface area (TPSA) is 45.8 Å². The molecule has 3 nitrogen and oxygen atoms in total. The van der Waals surface area contributed by atoms with Gasteiger partial charge in [0.2, 0.25) is 0 Å². The average Bonchev–Trinajstić information content (AvgIpc) is 2.47. The molecule has 5 heteroatoms. The smallest absolute Gasteiger partial charge is 0.260 e. The number of nitrogens with zero attached hydrogens (tertiary/aromatic N) is 1. The molecule has 0 atom stereocenters. The van der Waals surface area contributed by atoms with Gasteiger partial charge in [-0.25, -0.2) is 4.98 Å². The lowest BCUT2D eigenvalue weighted by Crippen LogP contribution is -2.07. The van der Waals surface area contributed by atoms with Crippen LogP contribution in [0, 0.1) is 6.92 Å². The number of aromatic nitrogens is 2. The number of nitrogens with one attached hydrogen (secondary N) is 1. The van der Waals surface area contributed by atoms with Gasteiger partial charge >= 0.3 is 0 Å². The summed E-state index contributed by atoms with van der Waals surface area (Å²) < 4.78 is 0. The predicted molar refractivity (Wildman–Crippen MR) is 61.4 cm³/mol. The van der Waals surface area contributed by atoms with Crippen LogP contribution in [-0.4, -0.2) is 15.7 Å². The van der Waals surface area contributed by atoms with Crippen molar-refractivity contribution in [1.29, 1.82) is 0 Å². The minimum absolute atomic E-state index is 0.0321. The minimum atomic E-state index is -0.0321. The molecule has 14 heavy (non-hydrogen) atoms. The molecule has 1 N–H and O–H groups in total. The van der Waals surface area contributed by atoms with Crippen LogP contribution in [0.5, 0.6) is 0 Å². The molecule has 2 rings (SSSR count). The molecule has 0 saturated carbocycles. The molecule has 0 aliphatic heterocycles. The molecule has 0 radical (unpaired) electrons. The normalized spacial score (nSPS) is 11.0. The van der Waals surface area contributed by atoms with Crippen molar-refractivity contribution in [3.8, 4) is 0 Å². The fourth-order valence-corrected chi connectivity index (χ4v) is 2.77. The molecular weight excluding hydrogens is 216 g/mol. The van der Waals surface area contributed by atoms with Gasteiger partial charge in [0, 0.05) is 4.88 Å². The molecule has 2 aromatic rings. The van der Waals surface area contributed by atoms with Crippen LogP contribution in [0.3, 0.4) is 0 Å². The molecule has 0 spiro atoms. The lowest BCUT2D eigenvalue weighted by atomic mass is 10.4. The van der Waals surface area contributed by atoms with Crippen LogP contribution in [0.1, 0.15) is 11.8 Å². The van der Waals surface area contributed by atoms with Gasteiger partial charge in [-0.2, -0.15) is 0 Å². The SMILES string of the molecule is CCSc1nc2sc(C)cc2c(=O)[nH]1. The number of aryl methyl sites for hydroxylation is 1. The van der Waals surface area contributed by atoms with Crippen LogP contribution in [0.25, 0.3) is 10.2 Å². The van der Waals surface area contributed by atoms with Gasteiger partial charge in [0.05, 0.1) is 5.39 Å². The van der Waals surface area contributed by atoms with Crippen LogP contribution >= 0.6 is 23.1 Å². The number of thioether (sulfide) groups is 1. The van der Waals surface area contributed by atoms with Crippen molar-refractivity contribution >= 4 is 33.3 Å². The standard InChI is InChI=1S/C9H10N2OS2/c1-3-13-9-10-7(12)6-4-5(2)14-8(6)11-9/h4H,3H2,1-2H3,(H,10,11,12). The molecule has 0 aliphatic rings. The van der Waals surface area contributed by atoms with Gasteiger partial charge in [-0.05, 0) is 18.7 Å². The van der Waals surface area contributed by atoms with E-state index in [4.69, 9.17) is 0 Å². The van der Waals surface area contributed by atoms with E-state index in [1.54, 1.807) is 23.1 Å². The zero-order valence-electron chi connectivity index (χ0n) is 7.96. The lowest BCUT2D eigenvalue weighted by molar-refractivity contribution is 0.981. The van der Waals surface area contributed by atoms with Crippen molar-refractivity contribution in [3.05, 3.63) is 21.3 Å². The summed E-state index contributed by atoms with van der Waals surface area (Å²) in [5.41, 5.74) is -0.0321. The first-order chi connectivity index (χ1) is 6.70. The fraction of sp³-hybridized carbons (Fsp3) is 0.333. The second kappa shape index (κ2) is 3.74. The summed E-state index contributed by atoms with van der Waals surface area (Å²) >= 11 is 3.12. The van der Waals surface area contributed by atoms with Crippen LogP contribution in [0.4, 0.5) is 0 Å². The molecule has 0 fully saturated rings. The average molecular weight is 226 g/mol. The van der Waals surface area contributed by atoms with Crippen molar-refractivity contribution in [2.75, 3.05) is 5.75 Å². The Bertz CT molecular complexity index is 515. The number of hydrogen-bond acceptors (Lipinski definition) is 4. The minimum Gasteiger partial charge on any atom is -0.301 e. The summed E-state index contributed by atoms with van der Waals surface area (Å²) in [6, 6.07) is 1.88. The van der Waals surface area contributed by atoms with Crippen LogP contribution in [0.2, 0.25) is 0 Å². The number of rotatable bonds is 2. The molecule has 0 bridgehead atoms. The molecule has 74 valence electrons. The maximum Gasteiger partial charge on any atom is 0.260 e. The molecule has 0 aliphatic carbocycles. The Balaban J connectivity index is 2.65. The summed E-state index contributed by atoms with van der Waals surface area (Å²) in [5.74, 6) is 0.915. The number of fused-ring (bicyclic) bond motifs is 1. The van der Waals surface area contributed by atoms with Crippen molar-refractivity contribution in [2.45, 2.75) is 19.0 Å². The quantitative estimate of drug-likeness (QED) is 0.632. The molecule has 2 heterocycles. The second-order valence-electron chi connectivity index (χ2n) is 2.88. The molecule has 0 unspecified atom stereocenters. The first kappa shape index (κ1) is 9.73. The van der Waals surface area contributed by atoms with Gasteiger partial charge in [-0.3, -0.25) is 4.79 Å². The molecule has 0 aromatic carbocycles. The lowest BCUT2D eigenvalue weighted by Gasteiger charge is -1.96. The summed E-state index contributed by atoms with van der Waals surface area (Å²) in [7, 11) is 0. The van der Waals surface area contributed by atoms with Crippen LogP contribution < -0.4 is 5.56 Å². The molecular formula is C9H10N2OS2. The Morgan fingerprint density at radius 1 is 1.64 bits per heavy atom. The van der Waals surface area contributed by atoms with Crippen LogP contribution in [-0.2, 0) is 0 Å². The largest absolute Gasteiger partial charge is 0.301 e. The van der Waals surface area contributed by atoms with Crippen LogP contribution in [0.15, 0.2) is 16.0 Å². The third-order valence-electron chi connectivity index (χ3n) is 1.78. The highest BCUT2D eigenvalue weighted by Crippen LogP contribution is 2.22. The molecule has 0 amide bonds. The number of thiophene rings is 1. The maximum absolute atomic E-state index is 11.6. The first-order valence-electron chi connectivity index (χ1n) is 4.34. The van der Waals surface area contributed by atoms with E-state index in [9.17, 15) is 4.79 Å². The monoisotopic (exact) mass is 226 g/mol. The van der Waals surface area contributed by atoms with Gasteiger partial charge in [-0.15, -0.1) is 11.3 Å². The summed E-state index contributed by atoms with van der Waals surface area (Å²) in [5, 5.41) is 1.42. The van der Waals surface area contributed by atoms with Gasteiger partial charge in [0.1, 0.15) is 4.83 Å². The highest BCUT2D eigenvalue weighted by molar-refractivity contribution is 7.99. The van der Waals surface area contributed by atoms with E-state index >= 15 is 0 Å². The molecule has 0 saturated heterocycles. The zero-order valence-corrected chi connectivity index (χ0v) is 9.59. The van der Waals surface area contributed by atoms with Crippen molar-refractivity contribution in [2.24, 2.45) is 0 Å². The third kappa shape index (κ3) is 1.69. The van der Waals surface area contributed by atoms with Gasteiger partial charge in [0.15, 0.2) is 5.16 Å². The van der Waals surface area contributed by atoms with E-state index in [2.05, 4.69) is 9.97 Å². The Morgan fingerprint density at radius 3 is 3.14 bits per heavy atom. The predicted octanol–water partition coefficient (Wildman–Crippen LogP) is 2.41. The number of hydrogen-bond donors (Lipinski definition) is 1. The first-order valence-corrected chi connectivity index (χ1v) is 6.14. The van der Waals surface area contributed by atoms with E-state index in [1.807, 2.05) is 19.9 Å². The Labute approximate surface area is 89.6 Å². The third-order valence-corrected chi connectivity index (χ3v) is 3.48. The van der Waals surface area contributed by atoms with Crippen molar-refractivity contribution in [3.63, 3.8) is 0 Å². The Morgan fingerprint density at radius 2 is 2.43 bits per heavy atom. The summed E-state index contributed by atoms with van der Waals surface area (Å²) in [4.78, 5) is 20.7. The Hall–Kier alpha value is -0.810. The van der Waals surface area contributed by atoms with Gasteiger partial charge < -0.3 is 4.98 Å². The summed E-state index contributed by atoms with van der Waals surface area (Å²) in [6.07, 6.45) is 0. The number of H-pyrrole nitrogens is 1. The fourth-order valence-electron chi connectivity index (χ4n) is 1.24. The van der Waals surface area contributed by atoms with E-state index in [0.29, 0.717) is 10.5 Å². The summed E-state index contributed by atoms with van der Waals surface area (Å²) in [6.45, 7) is 4.02. The maximum atomic E-state index is 11.6. The van der Waals surface area contributed by atoms with E-state index in [0.717, 1.165) is 15.5 Å². The molecule has 2 aromatic heterocycles. The number of aromatic amines is 1. The highest BCUT2D eigenvalue weighted by Gasteiger charge is 2.06. The highest BCUT2D eigenvalue weighted by atomic mass is 32.2. The Kier molecular flexibility index (Phi) is 2.60. The van der Waals surface area contributed by atoms with E-state index in [-0.39, 0.29) is 5.56 Å². The van der Waals surface area contributed by atoms with Gasteiger partial charge in [-0.1, -0.05) is 18.7 Å². The van der Waals surface area contributed by atoms with Gasteiger partial charge in [0.25, 0.3) is 5.56 Å². The zero-order chi connectivity index (χ0) is 10.1. The van der Waals surface area contributed by atoms with E-state index < -0.39 is 0 Å².